The number of guanidine groups is 1. The Kier molecular flexibility index (Phi) is 8.18. The van der Waals surface area contributed by atoms with Gasteiger partial charge in [0.2, 0.25) is 0 Å². The molecule has 1 amide bonds. The molecule has 1 aromatic rings. The smallest absolute Gasteiger partial charge is 0.251 e. The van der Waals surface area contributed by atoms with Crippen LogP contribution in [-0.2, 0) is 0 Å². The summed E-state index contributed by atoms with van der Waals surface area (Å²) in [6.45, 7) is 5.53. The molecule has 144 valence electrons. The molecule has 0 radical (unpaired) electrons. The SMILES string of the molecule is CN=C(NCCNC(=O)c1cccc(C)c1)N1CC2CCCCC2C1.I. The Morgan fingerprint density at radius 3 is 2.42 bits per heavy atom. The lowest BCUT2D eigenvalue weighted by Crippen LogP contribution is -2.43. The minimum absolute atomic E-state index is 0. The Morgan fingerprint density at radius 1 is 1.15 bits per heavy atom. The van der Waals surface area contributed by atoms with E-state index in [2.05, 4.69) is 20.5 Å². The Bertz CT molecular complexity index is 620. The molecule has 0 spiro atoms. The summed E-state index contributed by atoms with van der Waals surface area (Å²) in [7, 11) is 1.84. The molecule has 1 aliphatic carbocycles. The Hall–Kier alpha value is -1.31. The predicted molar refractivity (Wildman–Crippen MR) is 117 cm³/mol. The van der Waals surface area contributed by atoms with Crippen molar-refractivity contribution in [1.29, 1.82) is 0 Å². The molecule has 1 aromatic carbocycles. The van der Waals surface area contributed by atoms with Crippen LogP contribution < -0.4 is 10.6 Å². The highest BCUT2D eigenvalue weighted by molar-refractivity contribution is 14.0. The maximum atomic E-state index is 12.2. The van der Waals surface area contributed by atoms with Crippen molar-refractivity contribution in [2.24, 2.45) is 16.8 Å². The molecule has 5 nitrogen and oxygen atoms in total. The minimum Gasteiger partial charge on any atom is -0.354 e. The number of likely N-dealkylation sites (tertiary alicyclic amines) is 1. The predicted octanol–water partition coefficient (Wildman–Crippen LogP) is 3.04. The van der Waals surface area contributed by atoms with E-state index in [1.165, 1.54) is 25.7 Å². The normalized spacial score (nSPS) is 22.4. The summed E-state index contributed by atoms with van der Waals surface area (Å²) in [5.74, 6) is 2.63. The first-order valence-electron chi connectivity index (χ1n) is 9.48. The molecular formula is C20H31IN4O. The van der Waals surface area contributed by atoms with Crippen molar-refractivity contribution < 1.29 is 4.79 Å². The molecule has 1 aliphatic heterocycles. The van der Waals surface area contributed by atoms with Gasteiger partial charge in [0, 0.05) is 38.8 Å². The molecule has 2 N–H and O–H groups in total. The standard InChI is InChI=1S/C20H30N4O.HI/c1-15-6-5-9-16(12-15)19(25)22-10-11-23-20(21-2)24-13-17-7-3-4-8-18(17)14-24;/h5-6,9,12,17-18H,3-4,7-8,10-11,13-14H2,1-2H3,(H,21,23)(H,22,25);1H. The van der Waals surface area contributed by atoms with E-state index in [0.717, 1.165) is 36.4 Å². The fourth-order valence-corrected chi connectivity index (χ4v) is 4.15. The van der Waals surface area contributed by atoms with Crippen molar-refractivity contribution >= 4 is 35.8 Å². The van der Waals surface area contributed by atoms with E-state index in [0.29, 0.717) is 18.7 Å². The second-order valence-corrected chi connectivity index (χ2v) is 7.31. The van der Waals surface area contributed by atoms with E-state index in [1.54, 1.807) is 0 Å². The number of fused-ring (bicyclic) bond motifs is 1. The monoisotopic (exact) mass is 470 g/mol. The fraction of sp³-hybridized carbons (Fsp3) is 0.600. The van der Waals surface area contributed by atoms with Gasteiger partial charge < -0.3 is 15.5 Å². The number of hydrogen-bond donors (Lipinski definition) is 2. The molecule has 2 atom stereocenters. The minimum atomic E-state index is -0.0207. The zero-order chi connectivity index (χ0) is 17.6. The molecule has 2 aliphatic rings. The van der Waals surface area contributed by atoms with E-state index in [9.17, 15) is 4.79 Å². The van der Waals surface area contributed by atoms with Crippen molar-refractivity contribution in [3.8, 4) is 0 Å². The number of aliphatic imine (C=N–C) groups is 1. The molecule has 1 heterocycles. The third-order valence-corrected chi connectivity index (χ3v) is 5.46. The molecule has 1 saturated carbocycles. The lowest BCUT2D eigenvalue weighted by atomic mass is 9.82. The number of hydrogen-bond acceptors (Lipinski definition) is 2. The largest absolute Gasteiger partial charge is 0.354 e. The van der Waals surface area contributed by atoms with Crippen molar-refractivity contribution in [3.63, 3.8) is 0 Å². The van der Waals surface area contributed by atoms with Gasteiger partial charge in [0.15, 0.2) is 5.96 Å². The van der Waals surface area contributed by atoms with Crippen molar-refractivity contribution in [2.75, 3.05) is 33.2 Å². The molecule has 0 aromatic heterocycles. The molecular weight excluding hydrogens is 439 g/mol. The number of nitrogens with one attached hydrogen (secondary N) is 2. The zero-order valence-electron chi connectivity index (χ0n) is 15.8. The number of carbonyl (C=O) groups excluding carboxylic acids is 1. The summed E-state index contributed by atoms with van der Waals surface area (Å²) >= 11 is 0. The van der Waals surface area contributed by atoms with Crippen LogP contribution in [0, 0.1) is 18.8 Å². The van der Waals surface area contributed by atoms with Crippen molar-refractivity contribution in [3.05, 3.63) is 35.4 Å². The molecule has 3 rings (SSSR count). The van der Waals surface area contributed by atoms with Gasteiger partial charge in [-0.2, -0.15) is 0 Å². The van der Waals surface area contributed by atoms with Crippen LogP contribution in [0.1, 0.15) is 41.6 Å². The summed E-state index contributed by atoms with van der Waals surface area (Å²) in [5, 5.41) is 6.37. The maximum Gasteiger partial charge on any atom is 0.251 e. The quantitative estimate of drug-likeness (QED) is 0.308. The van der Waals surface area contributed by atoms with E-state index in [1.807, 2.05) is 38.2 Å². The van der Waals surface area contributed by atoms with Crippen LogP contribution in [0.2, 0.25) is 0 Å². The van der Waals surface area contributed by atoms with E-state index >= 15 is 0 Å². The van der Waals surface area contributed by atoms with Crippen LogP contribution in [0.25, 0.3) is 0 Å². The lowest BCUT2D eigenvalue weighted by molar-refractivity contribution is 0.0954. The van der Waals surface area contributed by atoms with Gasteiger partial charge in [-0.05, 0) is 43.7 Å². The average molecular weight is 470 g/mol. The highest BCUT2D eigenvalue weighted by Gasteiger charge is 2.35. The first kappa shape index (κ1) is 21.0. The highest BCUT2D eigenvalue weighted by atomic mass is 127. The first-order chi connectivity index (χ1) is 12.2. The van der Waals surface area contributed by atoms with Gasteiger partial charge in [0.25, 0.3) is 5.91 Å². The summed E-state index contributed by atoms with van der Waals surface area (Å²) in [6.07, 6.45) is 5.49. The first-order valence-corrected chi connectivity index (χ1v) is 9.48. The van der Waals surface area contributed by atoms with Crippen LogP contribution in [-0.4, -0.2) is 50.0 Å². The number of amides is 1. The number of carbonyl (C=O) groups is 1. The van der Waals surface area contributed by atoms with Gasteiger partial charge >= 0.3 is 0 Å². The molecule has 0 bridgehead atoms. The molecule has 1 saturated heterocycles. The van der Waals surface area contributed by atoms with Crippen LogP contribution in [0.15, 0.2) is 29.3 Å². The zero-order valence-corrected chi connectivity index (χ0v) is 18.2. The topological polar surface area (TPSA) is 56.7 Å². The summed E-state index contributed by atoms with van der Waals surface area (Å²) < 4.78 is 0. The maximum absolute atomic E-state index is 12.2. The molecule has 2 fully saturated rings. The third kappa shape index (κ3) is 5.34. The number of nitrogens with zero attached hydrogens (tertiary/aromatic N) is 2. The van der Waals surface area contributed by atoms with E-state index in [4.69, 9.17) is 0 Å². The summed E-state index contributed by atoms with van der Waals surface area (Å²) in [4.78, 5) is 19.0. The lowest BCUT2D eigenvalue weighted by Gasteiger charge is -2.22. The van der Waals surface area contributed by atoms with E-state index < -0.39 is 0 Å². The van der Waals surface area contributed by atoms with E-state index in [-0.39, 0.29) is 29.9 Å². The Morgan fingerprint density at radius 2 is 1.81 bits per heavy atom. The Labute approximate surface area is 174 Å². The molecule has 26 heavy (non-hydrogen) atoms. The number of aryl methyl sites for hydroxylation is 1. The number of benzene rings is 1. The molecule has 2 unspecified atom stereocenters. The van der Waals surface area contributed by atoms with Crippen molar-refractivity contribution in [1.82, 2.24) is 15.5 Å². The van der Waals surface area contributed by atoms with Gasteiger partial charge in [-0.1, -0.05) is 30.5 Å². The van der Waals surface area contributed by atoms with Gasteiger partial charge in [-0.15, -0.1) is 24.0 Å². The van der Waals surface area contributed by atoms with Crippen molar-refractivity contribution in [2.45, 2.75) is 32.6 Å². The number of halogens is 1. The van der Waals surface area contributed by atoms with Gasteiger partial charge in [0.05, 0.1) is 0 Å². The fourth-order valence-electron chi connectivity index (χ4n) is 4.15. The third-order valence-electron chi connectivity index (χ3n) is 5.46. The summed E-state index contributed by atoms with van der Waals surface area (Å²) in [6, 6.07) is 7.67. The average Bonchev–Trinajstić information content (AvgIpc) is 3.05. The van der Waals surface area contributed by atoms with Gasteiger partial charge in [-0.25, -0.2) is 0 Å². The highest BCUT2D eigenvalue weighted by Crippen LogP contribution is 2.35. The summed E-state index contributed by atoms with van der Waals surface area (Å²) in [5.41, 5.74) is 1.81. The van der Waals surface area contributed by atoms with Gasteiger partial charge in [-0.3, -0.25) is 9.79 Å². The van der Waals surface area contributed by atoms with Gasteiger partial charge in [0.1, 0.15) is 0 Å². The number of rotatable bonds is 4. The molecule has 6 heteroatoms. The van der Waals surface area contributed by atoms with Crippen LogP contribution in [0.5, 0.6) is 0 Å². The van der Waals surface area contributed by atoms with Crippen LogP contribution in [0.3, 0.4) is 0 Å². The van der Waals surface area contributed by atoms with Crippen LogP contribution in [0.4, 0.5) is 0 Å². The van der Waals surface area contributed by atoms with Crippen LogP contribution >= 0.6 is 24.0 Å². The Balaban J connectivity index is 0.00000243. The second kappa shape index (κ2) is 10.1. The second-order valence-electron chi connectivity index (χ2n) is 7.31.